The highest BCUT2D eigenvalue weighted by Crippen LogP contribution is 2.36. The Balaban J connectivity index is 2.57. The number of pyridine rings is 1. The Bertz CT molecular complexity index is 643. The van der Waals surface area contributed by atoms with E-state index in [0.29, 0.717) is 0 Å². The first-order chi connectivity index (χ1) is 9.19. The van der Waals surface area contributed by atoms with Gasteiger partial charge < -0.3 is 4.74 Å². The fraction of sp³-hybridized carbons (Fsp3) is 0.412. The summed E-state index contributed by atoms with van der Waals surface area (Å²) in [5.41, 5.74) is 4.04. The normalized spacial score (nSPS) is 13.8. The van der Waals surface area contributed by atoms with Crippen LogP contribution in [0.3, 0.4) is 0 Å². The highest BCUT2D eigenvalue weighted by Gasteiger charge is 2.21. The molecule has 1 heterocycles. The van der Waals surface area contributed by atoms with Crippen LogP contribution in [0, 0.1) is 20.8 Å². The van der Waals surface area contributed by atoms with Crippen LogP contribution in [0.15, 0.2) is 22.7 Å². The predicted molar refractivity (Wildman–Crippen MR) is 87.9 cm³/mol. The molecule has 0 aliphatic heterocycles. The summed E-state index contributed by atoms with van der Waals surface area (Å²) < 4.78 is 7.03. The second-order valence-electron chi connectivity index (χ2n) is 6.16. The van der Waals surface area contributed by atoms with Crippen LogP contribution in [0.2, 0.25) is 0 Å². The van der Waals surface area contributed by atoms with E-state index >= 15 is 0 Å². The molecular weight excluding hydrogens is 314 g/mol. The van der Waals surface area contributed by atoms with E-state index in [1.165, 1.54) is 0 Å². The summed E-state index contributed by atoms with van der Waals surface area (Å²) in [5.74, 6) is 0. The average molecular weight is 335 g/mol. The number of fused-ring (bicyclic) bond motifs is 1. The minimum absolute atomic E-state index is 0.213. The number of aryl methyl sites for hydroxylation is 2. The standard InChI is InChI=1S/C17H21BrNO/c1-10-9-14-13(8-7-11(2)19-14)16(18)15(10)12(3)20-17(4,5)6/h7-9,12H,3H2,1-2,4-6H3/t12-/m0/s1. The minimum Gasteiger partial charge on any atom is -0.368 e. The van der Waals surface area contributed by atoms with Crippen molar-refractivity contribution in [3.05, 3.63) is 46.4 Å². The number of ether oxygens (including phenoxy) is 1. The number of aromatic nitrogens is 1. The molecule has 0 spiro atoms. The lowest BCUT2D eigenvalue weighted by Gasteiger charge is -2.27. The van der Waals surface area contributed by atoms with Crippen molar-refractivity contribution in [2.45, 2.75) is 46.3 Å². The molecule has 0 aliphatic carbocycles. The molecule has 2 aromatic rings. The van der Waals surface area contributed by atoms with Crippen molar-refractivity contribution in [3.63, 3.8) is 0 Å². The second-order valence-corrected chi connectivity index (χ2v) is 6.95. The number of nitrogens with zero attached hydrogens (tertiary/aromatic N) is 1. The zero-order valence-corrected chi connectivity index (χ0v) is 14.3. The van der Waals surface area contributed by atoms with Crippen molar-refractivity contribution < 1.29 is 4.74 Å². The summed E-state index contributed by atoms with van der Waals surface area (Å²) in [6.45, 7) is 14.4. The topological polar surface area (TPSA) is 22.1 Å². The Morgan fingerprint density at radius 1 is 1.25 bits per heavy atom. The van der Waals surface area contributed by atoms with Gasteiger partial charge in [-0.2, -0.15) is 0 Å². The molecule has 0 aliphatic rings. The molecule has 0 fully saturated rings. The van der Waals surface area contributed by atoms with E-state index in [-0.39, 0.29) is 11.7 Å². The quantitative estimate of drug-likeness (QED) is 0.742. The van der Waals surface area contributed by atoms with Gasteiger partial charge in [0, 0.05) is 15.6 Å². The molecule has 3 heteroatoms. The van der Waals surface area contributed by atoms with Crippen molar-refractivity contribution in [3.8, 4) is 0 Å². The van der Waals surface area contributed by atoms with E-state index in [9.17, 15) is 0 Å². The smallest absolute Gasteiger partial charge is 0.0846 e. The molecule has 1 atom stereocenters. The third kappa shape index (κ3) is 3.21. The Morgan fingerprint density at radius 2 is 1.90 bits per heavy atom. The number of benzene rings is 1. The number of rotatable bonds is 2. The molecule has 1 radical (unpaired) electrons. The van der Waals surface area contributed by atoms with Crippen LogP contribution >= 0.6 is 15.9 Å². The molecule has 0 unspecified atom stereocenters. The van der Waals surface area contributed by atoms with Crippen molar-refractivity contribution in [1.29, 1.82) is 0 Å². The van der Waals surface area contributed by atoms with Crippen LogP contribution in [0.25, 0.3) is 10.9 Å². The van der Waals surface area contributed by atoms with Gasteiger partial charge in [-0.3, -0.25) is 4.98 Å². The first-order valence-electron chi connectivity index (χ1n) is 6.76. The monoisotopic (exact) mass is 334 g/mol. The first kappa shape index (κ1) is 15.5. The van der Waals surface area contributed by atoms with Gasteiger partial charge in [-0.05, 0) is 86.8 Å². The van der Waals surface area contributed by atoms with Gasteiger partial charge in [-0.1, -0.05) is 0 Å². The maximum atomic E-state index is 6.00. The third-order valence-corrected chi connectivity index (χ3v) is 3.99. The van der Waals surface area contributed by atoms with Gasteiger partial charge >= 0.3 is 0 Å². The fourth-order valence-corrected chi connectivity index (χ4v) is 3.26. The van der Waals surface area contributed by atoms with Crippen LogP contribution in [-0.2, 0) is 4.74 Å². The van der Waals surface area contributed by atoms with Crippen molar-refractivity contribution in [2.24, 2.45) is 0 Å². The van der Waals surface area contributed by atoms with E-state index in [0.717, 1.165) is 32.2 Å². The minimum atomic E-state index is -0.223. The van der Waals surface area contributed by atoms with Crippen LogP contribution in [0.5, 0.6) is 0 Å². The number of hydrogen-bond acceptors (Lipinski definition) is 2. The van der Waals surface area contributed by atoms with Gasteiger partial charge in [-0.25, -0.2) is 0 Å². The van der Waals surface area contributed by atoms with Gasteiger partial charge in [-0.15, -0.1) is 0 Å². The van der Waals surface area contributed by atoms with Gasteiger partial charge in [0.2, 0.25) is 0 Å². The Labute approximate surface area is 129 Å². The maximum absolute atomic E-state index is 6.00. The van der Waals surface area contributed by atoms with Gasteiger partial charge in [0.05, 0.1) is 17.2 Å². The highest BCUT2D eigenvalue weighted by molar-refractivity contribution is 9.10. The van der Waals surface area contributed by atoms with E-state index < -0.39 is 0 Å². The number of halogens is 1. The average Bonchev–Trinajstić information content (AvgIpc) is 2.25. The molecular formula is C17H21BrNO. The van der Waals surface area contributed by atoms with Crippen molar-refractivity contribution in [2.75, 3.05) is 0 Å². The second kappa shape index (κ2) is 5.45. The zero-order valence-electron chi connectivity index (χ0n) is 12.7. The third-order valence-electron chi connectivity index (χ3n) is 3.13. The van der Waals surface area contributed by atoms with Gasteiger partial charge in [0.1, 0.15) is 0 Å². The molecule has 0 saturated heterocycles. The van der Waals surface area contributed by atoms with Gasteiger partial charge in [0.25, 0.3) is 0 Å². The number of hydrogen-bond donors (Lipinski definition) is 0. The summed E-state index contributed by atoms with van der Waals surface area (Å²) in [6.07, 6.45) is -0.213. The summed E-state index contributed by atoms with van der Waals surface area (Å²) in [7, 11) is 0. The Kier molecular flexibility index (Phi) is 4.22. The molecule has 107 valence electrons. The van der Waals surface area contributed by atoms with Crippen LogP contribution in [-0.4, -0.2) is 10.6 Å². The zero-order chi connectivity index (χ0) is 15.1. The lowest BCUT2D eigenvalue weighted by Crippen LogP contribution is -2.22. The molecule has 0 saturated carbocycles. The highest BCUT2D eigenvalue weighted by atomic mass is 79.9. The Morgan fingerprint density at radius 3 is 2.50 bits per heavy atom. The lowest BCUT2D eigenvalue weighted by atomic mass is 10.00. The molecule has 0 amide bonds. The van der Waals surface area contributed by atoms with E-state index in [2.05, 4.69) is 46.9 Å². The molecule has 20 heavy (non-hydrogen) atoms. The Hall–Kier alpha value is -0.930. The summed E-state index contributed by atoms with van der Waals surface area (Å²) >= 11 is 3.71. The largest absolute Gasteiger partial charge is 0.368 e. The molecule has 1 aromatic heterocycles. The molecule has 2 nitrogen and oxygen atoms in total. The molecule has 1 aromatic carbocycles. The van der Waals surface area contributed by atoms with Crippen molar-refractivity contribution in [1.82, 2.24) is 4.98 Å². The maximum Gasteiger partial charge on any atom is 0.0846 e. The van der Waals surface area contributed by atoms with E-state index in [1.54, 1.807) is 0 Å². The van der Waals surface area contributed by atoms with Crippen LogP contribution in [0.4, 0.5) is 0 Å². The summed E-state index contributed by atoms with van der Waals surface area (Å²) in [4.78, 5) is 4.58. The van der Waals surface area contributed by atoms with Crippen molar-refractivity contribution >= 4 is 26.8 Å². The SMILES string of the molecule is [CH2][C@H](OC(C)(C)C)c1c(C)cc2nc(C)ccc2c1Br. The van der Waals surface area contributed by atoms with Crippen LogP contribution < -0.4 is 0 Å². The predicted octanol–water partition coefficient (Wildman–Crippen LogP) is 5.30. The summed E-state index contributed by atoms with van der Waals surface area (Å²) in [5, 5.41) is 1.10. The molecule has 2 rings (SSSR count). The fourth-order valence-electron chi connectivity index (χ4n) is 2.35. The van der Waals surface area contributed by atoms with Crippen LogP contribution in [0.1, 0.15) is 43.7 Å². The molecule has 0 bridgehead atoms. The van der Waals surface area contributed by atoms with Gasteiger partial charge in [0.15, 0.2) is 0 Å². The lowest BCUT2D eigenvalue weighted by molar-refractivity contribution is -0.0413. The summed E-state index contributed by atoms with van der Waals surface area (Å²) in [6, 6.07) is 6.22. The van der Waals surface area contributed by atoms with E-state index in [4.69, 9.17) is 4.74 Å². The van der Waals surface area contributed by atoms with E-state index in [1.807, 2.05) is 33.8 Å². The molecule has 0 N–H and O–H groups in total. The first-order valence-corrected chi connectivity index (χ1v) is 7.55.